The van der Waals surface area contributed by atoms with E-state index >= 15 is 0 Å². The molecule has 4 rings (SSSR count). The Kier molecular flexibility index (Phi) is 7.55. The number of fused-ring (bicyclic) bond motifs is 1. The van der Waals surface area contributed by atoms with Gasteiger partial charge in [-0.1, -0.05) is 36.4 Å². The number of hydrogen-bond acceptors (Lipinski definition) is 6. The van der Waals surface area contributed by atoms with Crippen molar-refractivity contribution in [3.63, 3.8) is 0 Å². The van der Waals surface area contributed by atoms with Gasteiger partial charge in [0, 0.05) is 22.4 Å². The predicted molar refractivity (Wildman–Crippen MR) is 131 cm³/mol. The van der Waals surface area contributed by atoms with Gasteiger partial charge in [-0.25, -0.2) is 4.79 Å². The van der Waals surface area contributed by atoms with Gasteiger partial charge >= 0.3 is 6.09 Å². The first kappa shape index (κ1) is 22.8. The first-order valence-corrected chi connectivity index (χ1v) is 12.3. The number of carbonyl (C=O) groups excluding carboxylic acids is 2. The third-order valence-electron chi connectivity index (χ3n) is 5.39. The number of nitrogens with one attached hydrogen (secondary N) is 2. The monoisotopic (exact) mass is 477 g/mol. The highest BCUT2D eigenvalue weighted by molar-refractivity contribution is 7.16. The topological polar surface area (TPSA) is 91.2 Å². The number of rotatable bonds is 7. The maximum Gasteiger partial charge on any atom is 0.407 e. The second kappa shape index (κ2) is 10.9. The maximum absolute atomic E-state index is 12.3. The van der Waals surface area contributed by atoms with E-state index in [1.54, 1.807) is 17.4 Å². The molecule has 2 heterocycles. The maximum atomic E-state index is 12.3. The van der Waals surface area contributed by atoms with Crippen LogP contribution in [0.3, 0.4) is 0 Å². The summed E-state index contributed by atoms with van der Waals surface area (Å²) < 4.78 is 5.43. The SMILES string of the molecule is N#Cc1c(NC(=O)C=Cc2cccs2)sc2c1CCC(COC(=O)NCc1ccccc1)C2. The van der Waals surface area contributed by atoms with Gasteiger partial charge in [0.15, 0.2) is 0 Å². The van der Waals surface area contributed by atoms with Gasteiger partial charge in [0.25, 0.3) is 0 Å². The molecular formula is C25H23N3O3S2. The average molecular weight is 478 g/mol. The van der Waals surface area contributed by atoms with Crippen LogP contribution < -0.4 is 10.6 Å². The lowest BCUT2D eigenvalue weighted by Crippen LogP contribution is -2.27. The second-order valence-electron chi connectivity index (χ2n) is 7.70. The number of ether oxygens (including phenoxy) is 1. The Labute approximate surface area is 200 Å². The molecule has 2 N–H and O–H groups in total. The fourth-order valence-corrected chi connectivity index (χ4v) is 5.65. The number of amides is 2. The molecule has 1 aliphatic carbocycles. The molecule has 1 unspecified atom stereocenters. The van der Waals surface area contributed by atoms with Crippen molar-refractivity contribution in [2.75, 3.05) is 11.9 Å². The van der Waals surface area contributed by atoms with E-state index in [0.717, 1.165) is 40.1 Å². The highest BCUT2D eigenvalue weighted by Crippen LogP contribution is 2.39. The van der Waals surface area contributed by atoms with E-state index in [9.17, 15) is 14.9 Å². The fraction of sp³-hybridized carbons (Fsp3) is 0.240. The van der Waals surface area contributed by atoms with Crippen molar-refractivity contribution in [3.8, 4) is 6.07 Å². The van der Waals surface area contributed by atoms with E-state index in [2.05, 4.69) is 16.7 Å². The molecule has 0 spiro atoms. The number of benzene rings is 1. The predicted octanol–water partition coefficient (Wildman–Crippen LogP) is 5.36. The molecule has 0 fully saturated rings. The van der Waals surface area contributed by atoms with Crippen LogP contribution in [0.4, 0.5) is 9.80 Å². The first-order chi connectivity index (χ1) is 16.1. The smallest absolute Gasteiger partial charge is 0.407 e. The van der Waals surface area contributed by atoms with Gasteiger partial charge in [-0.05, 0) is 53.8 Å². The molecule has 0 radical (unpaired) electrons. The average Bonchev–Trinajstić information content (AvgIpc) is 3.47. The van der Waals surface area contributed by atoms with E-state index in [1.165, 1.54) is 17.4 Å². The molecular weight excluding hydrogens is 454 g/mol. The molecule has 168 valence electrons. The van der Waals surface area contributed by atoms with Gasteiger partial charge in [-0.3, -0.25) is 4.79 Å². The summed E-state index contributed by atoms with van der Waals surface area (Å²) >= 11 is 2.99. The van der Waals surface area contributed by atoms with Crippen LogP contribution in [-0.2, 0) is 28.9 Å². The lowest BCUT2D eigenvalue weighted by atomic mass is 9.88. The zero-order valence-electron chi connectivity index (χ0n) is 17.9. The number of hydrogen-bond donors (Lipinski definition) is 2. The van der Waals surface area contributed by atoms with Crippen molar-refractivity contribution >= 4 is 45.8 Å². The quantitative estimate of drug-likeness (QED) is 0.448. The minimum atomic E-state index is -0.431. The number of carbonyl (C=O) groups is 2. The molecule has 0 bridgehead atoms. The van der Waals surface area contributed by atoms with Crippen molar-refractivity contribution in [1.29, 1.82) is 5.26 Å². The standard InChI is InChI=1S/C25H23N3O3S2/c26-14-21-20-10-8-18(16-31-25(30)27-15-17-5-2-1-3-6-17)13-22(20)33-24(21)28-23(29)11-9-19-7-4-12-32-19/h1-7,9,11-12,18H,8,10,13,15-16H2,(H,27,30)(H,28,29). The lowest BCUT2D eigenvalue weighted by Gasteiger charge is -2.21. The van der Waals surface area contributed by atoms with Crippen LogP contribution in [-0.4, -0.2) is 18.6 Å². The molecule has 6 nitrogen and oxygen atoms in total. The van der Waals surface area contributed by atoms with Crippen LogP contribution >= 0.6 is 22.7 Å². The highest BCUT2D eigenvalue weighted by Gasteiger charge is 2.27. The largest absolute Gasteiger partial charge is 0.449 e. The van der Waals surface area contributed by atoms with Gasteiger partial charge in [0.1, 0.15) is 11.1 Å². The molecule has 2 amide bonds. The molecule has 2 aromatic heterocycles. The van der Waals surface area contributed by atoms with Crippen LogP contribution in [0.1, 0.15) is 32.9 Å². The summed E-state index contributed by atoms with van der Waals surface area (Å²) in [7, 11) is 0. The first-order valence-electron chi connectivity index (χ1n) is 10.6. The van der Waals surface area contributed by atoms with Crippen molar-refractivity contribution in [2.24, 2.45) is 5.92 Å². The molecule has 0 aliphatic heterocycles. The lowest BCUT2D eigenvalue weighted by molar-refractivity contribution is -0.111. The van der Waals surface area contributed by atoms with Crippen molar-refractivity contribution < 1.29 is 14.3 Å². The minimum Gasteiger partial charge on any atom is -0.449 e. The van der Waals surface area contributed by atoms with E-state index in [-0.39, 0.29) is 11.8 Å². The summed E-state index contributed by atoms with van der Waals surface area (Å²) in [6.07, 6.45) is 5.10. The highest BCUT2D eigenvalue weighted by atomic mass is 32.1. The van der Waals surface area contributed by atoms with Crippen LogP contribution in [0.5, 0.6) is 0 Å². The van der Waals surface area contributed by atoms with Gasteiger partial charge in [-0.15, -0.1) is 22.7 Å². The third-order valence-corrected chi connectivity index (χ3v) is 7.40. The van der Waals surface area contributed by atoms with Gasteiger partial charge in [0.05, 0.1) is 12.2 Å². The summed E-state index contributed by atoms with van der Waals surface area (Å²) in [6.45, 7) is 0.750. The number of thiophene rings is 2. The normalized spacial score (nSPS) is 14.9. The minimum absolute atomic E-state index is 0.187. The Bertz CT molecular complexity index is 1180. The third kappa shape index (κ3) is 6.09. The van der Waals surface area contributed by atoms with E-state index in [0.29, 0.717) is 23.7 Å². The van der Waals surface area contributed by atoms with Crippen LogP contribution in [0, 0.1) is 17.2 Å². The molecule has 1 atom stereocenters. The van der Waals surface area contributed by atoms with E-state index in [1.807, 2.05) is 47.8 Å². The van der Waals surface area contributed by atoms with E-state index < -0.39 is 6.09 Å². The summed E-state index contributed by atoms with van der Waals surface area (Å²) in [6, 6.07) is 15.8. The van der Waals surface area contributed by atoms with Crippen molar-refractivity contribution in [2.45, 2.75) is 25.8 Å². The van der Waals surface area contributed by atoms with Crippen LogP contribution in [0.2, 0.25) is 0 Å². The summed E-state index contributed by atoms with van der Waals surface area (Å²) in [5.74, 6) is -0.0686. The van der Waals surface area contributed by atoms with Crippen molar-refractivity contribution in [3.05, 3.63) is 80.4 Å². The summed E-state index contributed by atoms with van der Waals surface area (Å²) in [5, 5.41) is 17.8. The summed E-state index contributed by atoms with van der Waals surface area (Å²) in [4.78, 5) is 26.5. The Morgan fingerprint density at radius 1 is 1.21 bits per heavy atom. The van der Waals surface area contributed by atoms with Crippen LogP contribution in [0.15, 0.2) is 53.9 Å². The van der Waals surface area contributed by atoms with Gasteiger partial charge in [0.2, 0.25) is 5.91 Å². The molecule has 1 aromatic carbocycles. The molecule has 3 aromatic rings. The Morgan fingerprint density at radius 2 is 2.06 bits per heavy atom. The Hall–Kier alpha value is -3.41. The molecule has 8 heteroatoms. The Morgan fingerprint density at radius 3 is 2.82 bits per heavy atom. The van der Waals surface area contributed by atoms with Gasteiger partial charge < -0.3 is 15.4 Å². The number of alkyl carbamates (subject to hydrolysis) is 1. The molecule has 0 saturated heterocycles. The molecule has 33 heavy (non-hydrogen) atoms. The molecule has 0 saturated carbocycles. The number of nitriles is 1. The van der Waals surface area contributed by atoms with Gasteiger partial charge in [-0.2, -0.15) is 5.26 Å². The fourth-order valence-electron chi connectivity index (χ4n) is 3.71. The van der Waals surface area contributed by atoms with Crippen molar-refractivity contribution in [1.82, 2.24) is 5.32 Å². The zero-order chi connectivity index (χ0) is 23.0. The van der Waals surface area contributed by atoms with Crippen LogP contribution in [0.25, 0.3) is 6.08 Å². The van der Waals surface area contributed by atoms with E-state index in [4.69, 9.17) is 4.74 Å². The zero-order valence-corrected chi connectivity index (χ0v) is 19.5. The second-order valence-corrected chi connectivity index (χ2v) is 9.79. The molecule has 1 aliphatic rings. The Balaban J connectivity index is 1.31. The number of anilines is 1. The summed E-state index contributed by atoms with van der Waals surface area (Å²) in [5.41, 5.74) is 2.57. The number of nitrogens with zero attached hydrogens (tertiary/aromatic N) is 1.